The molecule has 0 atom stereocenters. The summed E-state index contributed by atoms with van der Waals surface area (Å²) in [5.41, 5.74) is 4.77. The van der Waals surface area contributed by atoms with Crippen molar-refractivity contribution in [2.45, 2.75) is 52.3 Å². The minimum absolute atomic E-state index is 0.340. The lowest BCUT2D eigenvalue weighted by Crippen LogP contribution is -2.46. The maximum absolute atomic E-state index is 5.98. The van der Waals surface area contributed by atoms with Gasteiger partial charge in [-0.15, -0.1) is 0 Å². The monoisotopic (exact) mass is 427 g/mol. The Bertz CT molecular complexity index is 826. The van der Waals surface area contributed by atoms with Crippen molar-refractivity contribution in [3.63, 3.8) is 0 Å². The Balaban J connectivity index is 1.51. The molecule has 0 unspecified atom stereocenters. The molecule has 1 N–H and O–H groups in total. The van der Waals surface area contributed by atoms with E-state index < -0.39 is 0 Å². The van der Waals surface area contributed by atoms with Crippen molar-refractivity contribution >= 4 is 5.96 Å². The molecule has 2 aromatic rings. The zero-order valence-corrected chi connectivity index (χ0v) is 19.4. The van der Waals surface area contributed by atoms with Crippen LogP contribution in [0.3, 0.4) is 0 Å². The number of nitrogens with zero attached hydrogens (tertiary/aromatic N) is 4. The summed E-state index contributed by atoms with van der Waals surface area (Å²) in [4.78, 5) is 6.85. The van der Waals surface area contributed by atoms with Gasteiger partial charge in [-0.2, -0.15) is 5.10 Å². The number of likely N-dealkylation sites (tertiary alicyclic amines) is 1. The number of hydrogen-bond acceptors (Lipinski definition) is 4. The Hall–Kier alpha value is -2.38. The number of hydrogen-bond donors (Lipinski definition) is 1. The summed E-state index contributed by atoms with van der Waals surface area (Å²) in [7, 11) is 3.59. The molecule has 7 nitrogen and oxygen atoms in total. The molecule has 1 aliphatic heterocycles. The lowest BCUT2D eigenvalue weighted by atomic mass is 10.1. The predicted molar refractivity (Wildman–Crippen MR) is 124 cm³/mol. The van der Waals surface area contributed by atoms with Crippen molar-refractivity contribution in [1.82, 2.24) is 20.0 Å². The van der Waals surface area contributed by atoms with E-state index >= 15 is 0 Å². The van der Waals surface area contributed by atoms with Crippen LogP contribution in [0.25, 0.3) is 0 Å². The number of ether oxygens (including phenoxy) is 2. The lowest BCUT2D eigenvalue weighted by molar-refractivity contribution is 0.00989. The van der Waals surface area contributed by atoms with E-state index in [0.29, 0.717) is 6.10 Å². The Labute approximate surface area is 186 Å². The van der Waals surface area contributed by atoms with Crippen molar-refractivity contribution in [2.75, 3.05) is 40.5 Å². The maximum Gasteiger partial charge on any atom is 0.193 e. The van der Waals surface area contributed by atoms with Gasteiger partial charge in [-0.05, 0) is 38.7 Å². The number of piperidine rings is 1. The lowest BCUT2D eigenvalue weighted by Gasteiger charge is -2.34. The molecule has 0 aliphatic carbocycles. The van der Waals surface area contributed by atoms with E-state index in [1.54, 1.807) is 7.11 Å². The molecule has 0 bridgehead atoms. The number of rotatable bonds is 9. The number of aryl methyl sites for hydroxylation is 1. The molecule has 1 fully saturated rings. The standard InChI is InChI=1S/C24H37N5O2/c1-19-23(20(2)29(27-19)18-21-9-6-5-7-10-21)17-26-24(25-3)28-13-11-22(12-14-28)31-16-8-15-30-4/h5-7,9-10,22H,8,11-18H2,1-4H3,(H,25,26). The number of aliphatic imine (C=N–C) groups is 1. The fourth-order valence-electron chi connectivity index (χ4n) is 4.09. The molecule has 1 aliphatic rings. The van der Waals surface area contributed by atoms with Gasteiger partial charge < -0.3 is 19.7 Å². The van der Waals surface area contributed by atoms with Crippen LogP contribution in [-0.2, 0) is 22.6 Å². The second-order valence-electron chi connectivity index (χ2n) is 8.10. The van der Waals surface area contributed by atoms with Gasteiger partial charge in [0.15, 0.2) is 5.96 Å². The van der Waals surface area contributed by atoms with E-state index in [4.69, 9.17) is 14.6 Å². The van der Waals surface area contributed by atoms with Gasteiger partial charge in [0.05, 0.1) is 18.3 Å². The summed E-state index contributed by atoms with van der Waals surface area (Å²) < 4.78 is 13.2. The van der Waals surface area contributed by atoms with Crippen molar-refractivity contribution in [2.24, 2.45) is 4.99 Å². The largest absolute Gasteiger partial charge is 0.385 e. The van der Waals surface area contributed by atoms with Crippen LogP contribution in [0.5, 0.6) is 0 Å². The summed E-state index contributed by atoms with van der Waals surface area (Å²) in [6.45, 7) is 9.20. The summed E-state index contributed by atoms with van der Waals surface area (Å²) in [5, 5.41) is 8.33. The van der Waals surface area contributed by atoms with E-state index in [0.717, 1.165) is 70.3 Å². The van der Waals surface area contributed by atoms with Crippen molar-refractivity contribution < 1.29 is 9.47 Å². The number of benzene rings is 1. The summed E-state index contributed by atoms with van der Waals surface area (Å²) in [6.07, 6.45) is 3.35. The molecule has 7 heteroatoms. The Morgan fingerprint density at radius 3 is 2.58 bits per heavy atom. The first kappa shape index (κ1) is 23.3. The smallest absolute Gasteiger partial charge is 0.193 e. The number of aromatic nitrogens is 2. The molecule has 0 saturated carbocycles. The van der Waals surface area contributed by atoms with Crippen LogP contribution in [0.4, 0.5) is 0 Å². The van der Waals surface area contributed by atoms with Crippen LogP contribution >= 0.6 is 0 Å². The van der Waals surface area contributed by atoms with E-state index in [9.17, 15) is 0 Å². The second kappa shape index (κ2) is 11.9. The number of methoxy groups -OCH3 is 1. The molecule has 2 heterocycles. The highest BCUT2D eigenvalue weighted by molar-refractivity contribution is 5.80. The quantitative estimate of drug-likeness (QED) is 0.378. The molecule has 31 heavy (non-hydrogen) atoms. The summed E-state index contributed by atoms with van der Waals surface area (Å²) >= 11 is 0. The van der Waals surface area contributed by atoms with Crippen LogP contribution in [0.1, 0.15) is 41.8 Å². The van der Waals surface area contributed by atoms with Gasteiger partial charge in [-0.3, -0.25) is 9.67 Å². The molecular formula is C24H37N5O2. The zero-order chi connectivity index (χ0) is 22.1. The van der Waals surface area contributed by atoms with Crippen LogP contribution in [-0.4, -0.2) is 67.2 Å². The van der Waals surface area contributed by atoms with Crippen LogP contribution < -0.4 is 5.32 Å². The molecule has 1 aromatic heterocycles. The molecule has 0 amide bonds. The van der Waals surface area contributed by atoms with Crippen LogP contribution in [0, 0.1) is 13.8 Å². The van der Waals surface area contributed by atoms with Crippen LogP contribution in [0.15, 0.2) is 35.3 Å². The van der Waals surface area contributed by atoms with Gasteiger partial charge in [0, 0.05) is 58.3 Å². The minimum atomic E-state index is 0.340. The average Bonchev–Trinajstić information content (AvgIpc) is 3.06. The first-order valence-corrected chi connectivity index (χ1v) is 11.2. The minimum Gasteiger partial charge on any atom is -0.385 e. The average molecular weight is 428 g/mol. The molecule has 1 aromatic carbocycles. The van der Waals surface area contributed by atoms with Gasteiger partial charge in [0.25, 0.3) is 0 Å². The molecule has 170 valence electrons. The highest BCUT2D eigenvalue weighted by atomic mass is 16.5. The Morgan fingerprint density at radius 2 is 1.90 bits per heavy atom. The van der Waals surface area contributed by atoms with E-state index in [-0.39, 0.29) is 0 Å². The summed E-state index contributed by atoms with van der Waals surface area (Å²) in [5.74, 6) is 0.951. The third-order valence-corrected chi connectivity index (χ3v) is 5.93. The first-order valence-electron chi connectivity index (χ1n) is 11.2. The Kier molecular flexibility index (Phi) is 8.91. The highest BCUT2D eigenvalue weighted by Crippen LogP contribution is 2.17. The van der Waals surface area contributed by atoms with Crippen molar-refractivity contribution in [3.8, 4) is 0 Å². The second-order valence-corrected chi connectivity index (χ2v) is 8.10. The fraction of sp³-hybridized carbons (Fsp3) is 0.583. The normalized spacial score (nSPS) is 15.5. The molecule has 0 radical (unpaired) electrons. The first-order chi connectivity index (χ1) is 15.1. The third-order valence-electron chi connectivity index (χ3n) is 5.93. The van der Waals surface area contributed by atoms with E-state index in [2.05, 4.69) is 58.0 Å². The van der Waals surface area contributed by atoms with Gasteiger partial charge in [0.2, 0.25) is 0 Å². The van der Waals surface area contributed by atoms with Gasteiger partial charge in [0.1, 0.15) is 0 Å². The molecule has 3 rings (SSSR count). The molecule has 1 saturated heterocycles. The number of guanidine groups is 1. The molecule has 0 spiro atoms. The highest BCUT2D eigenvalue weighted by Gasteiger charge is 2.22. The zero-order valence-electron chi connectivity index (χ0n) is 19.4. The van der Waals surface area contributed by atoms with Gasteiger partial charge in [-0.1, -0.05) is 30.3 Å². The van der Waals surface area contributed by atoms with E-state index in [1.165, 1.54) is 16.8 Å². The fourth-order valence-corrected chi connectivity index (χ4v) is 4.09. The third kappa shape index (κ3) is 6.55. The predicted octanol–water partition coefficient (Wildman–Crippen LogP) is 3.14. The van der Waals surface area contributed by atoms with Crippen LogP contribution in [0.2, 0.25) is 0 Å². The van der Waals surface area contributed by atoms with Crippen molar-refractivity contribution in [3.05, 3.63) is 52.8 Å². The van der Waals surface area contributed by atoms with Gasteiger partial charge in [-0.25, -0.2) is 0 Å². The number of nitrogens with one attached hydrogen (secondary N) is 1. The molecular weight excluding hydrogens is 390 g/mol. The van der Waals surface area contributed by atoms with Gasteiger partial charge >= 0.3 is 0 Å². The maximum atomic E-state index is 5.98. The topological polar surface area (TPSA) is 63.9 Å². The van der Waals surface area contributed by atoms with E-state index in [1.807, 2.05) is 13.1 Å². The Morgan fingerprint density at radius 1 is 1.16 bits per heavy atom. The summed E-state index contributed by atoms with van der Waals surface area (Å²) in [6, 6.07) is 10.5. The van der Waals surface area contributed by atoms with Crippen molar-refractivity contribution in [1.29, 1.82) is 0 Å². The SMILES string of the molecule is CN=C(NCc1c(C)nn(Cc2ccccc2)c1C)N1CCC(OCCCOC)CC1.